The summed E-state index contributed by atoms with van der Waals surface area (Å²) >= 11 is 0. The van der Waals surface area contributed by atoms with Crippen molar-refractivity contribution in [1.82, 2.24) is 14.9 Å². The number of benzene rings is 2. The van der Waals surface area contributed by atoms with Crippen molar-refractivity contribution < 1.29 is 22.0 Å². The minimum Gasteiger partial charge on any atom is -0.348 e. The molecule has 34 heavy (non-hydrogen) atoms. The Morgan fingerprint density at radius 2 is 1.88 bits per heavy atom. The van der Waals surface area contributed by atoms with Gasteiger partial charge in [0.1, 0.15) is 11.6 Å². The highest BCUT2D eigenvalue weighted by atomic mass is 19.4. The van der Waals surface area contributed by atoms with Gasteiger partial charge in [0.15, 0.2) is 0 Å². The van der Waals surface area contributed by atoms with E-state index in [2.05, 4.69) is 14.9 Å². The summed E-state index contributed by atoms with van der Waals surface area (Å²) in [4.78, 5) is 9.86. The Morgan fingerprint density at radius 3 is 2.56 bits per heavy atom. The molecule has 1 N–H and O–H groups in total. The molecule has 1 aromatic heterocycles. The Balaban J connectivity index is 1.56. The van der Waals surface area contributed by atoms with Gasteiger partial charge in [0, 0.05) is 23.9 Å². The Hall–Kier alpha value is -2.74. The molecule has 3 aromatic rings. The lowest BCUT2D eigenvalue weighted by molar-refractivity contribution is -0.228. The zero-order valence-electron chi connectivity index (χ0n) is 18.8. The van der Waals surface area contributed by atoms with Gasteiger partial charge in [-0.1, -0.05) is 30.3 Å². The van der Waals surface area contributed by atoms with Crippen LogP contribution in [0.15, 0.2) is 54.9 Å². The number of rotatable bonds is 5. The molecule has 5 rings (SSSR count). The molecule has 1 saturated heterocycles. The van der Waals surface area contributed by atoms with Crippen molar-refractivity contribution in [1.29, 1.82) is 0 Å². The van der Waals surface area contributed by atoms with E-state index in [0.717, 1.165) is 41.9 Å². The van der Waals surface area contributed by atoms with Crippen molar-refractivity contribution >= 4 is 0 Å². The minimum atomic E-state index is -4.99. The van der Waals surface area contributed by atoms with Crippen LogP contribution in [-0.4, -0.2) is 33.6 Å². The summed E-state index contributed by atoms with van der Waals surface area (Å²) in [6.45, 7) is 2.03. The Morgan fingerprint density at radius 1 is 1.12 bits per heavy atom. The maximum atomic E-state index is 14.7. The molecule has 3 atom stereocenters. The highest BCUT2D eigenvalue weighted by molar-refractivity contribution is 5.46. The number of hydrogen-bond donors (Lipinski definition) is 1. The Kier molecular flexibility index (Phi) is 5.54. The average molecular weight is 476 g/mol. The molecular formula is C26H26F5N3. The molecule has 1 aliphatic carbocycles. The van der Waals surface area contributed by atoms with Crippen LogP contribution in [0.25, 0.3) is 0 Å². The van der Waals surface area contributed by atoms with E-state index in [1.165, 1.54) is 24.3 Å². The standard InChI is InChI=1S/C26H26F5N3/c1-24(28,26(29,30)31)19-5-8-21-18(14-19)4-9-22-25(21,15-17-2-6-20(27)7-3-17)10-13-34(22)16-23-32-11-12-33-23/h2-3,5-8,11-12,14,22H,4,9-10,13,15-16H2,1H3,(H,32,33)/t22-,24?,25-/m1/s1. The molecule has 0 saturated carbocycles. The summed E-state index contributed by atoms with van der Waals surface area (Å²) in [5, 5.41) is 0. The molecule has 0 spiro atoms. The molecule has 3 nitrogen and oxygen atoms in total. The zero-order valence-corrected chi connectivity index (χ0v) is 18.8. The van der Waals surface area contributed by atoms with Crippen molar-refractivity contribution in [2.75, 3.05) is 6.54 Å². The first kappa shape index (κ1) is 23.0. The number of alkyl halides is 4. The van der Waals surface area contributed by atoms with Gasteiger partial charge in [-0.05, 0) is 73.5 Å². The van der Waals surface area contributed by atoms with E-state index in [9.17, 15) is 22.0 Å². The molecule has 2 aliphatic rings. The van der Waals surface area contributed by atoms with Crippen LogP contribution in [0.4, 0.5) is 22.0 Å². The van der Waals surface area contributed by atoms with E-state index in [1.54, 1.807) is 30.6 Å². The largest absolute Gasteiger partial charge is 0.426 e. The molecule has 1 fully saturated rings. The third-order valence-corrected chi connectivity index (χ3v) is 7.67. The van der Waals surface area contributed by atoms with Crippen LogP contribution in [0, 0.1) is 5.82 Å². The van der Waals surface area contributed by atoms with Gasteiger partial charge < -0.3 is 4.98 Å². The van der Waals surface area contributed by atoms with E-state index >= 15 is 0 Å². The van der Waals surface area contributed by atoms with Gasteiger partial charge in [0.25, 0.3) is 0 Å². The van der Waals surface area contributed by atoms with Crippen LogP contribution in [0.5, 0.6) is 0 Å². The lowest BCUT2D eigenvalue weighted by atomic mass is 9.63. The summed E-state index contributed by atoms with van der Waals surface area (Å²) in [7, 11) is 0. The van der Waals surface area contributed by atoms with Crippen molar-refractivity contribution in [3.63, 3.8) is 0 Å². The summed E-state index contributed by atoms with van der Waals surface area (Å²) in [5.74, 6) is 0.545. The highest BCUT2D eigenvalue weighted by Crippen LogP contribution is 2.51. The van der Waals surface area contributed by atoms with E-state index in [0.29, 0.717) is 26.3 Å². The SMILES string of the molecule is CC(F)(c1ccc2c(c1)CC[C@H]1N(Cc3ncc[nH]3)CC[C@@]21Cc1ccc(F)cc1)C(F)(F)F. The van der Waals surface area contributed by atoms with E-state index < -0.39 is 11.8 Å². The molecule has 0 radical (unpaired) electrons. The van der Waals surface area contributed by atoms with Crippen molar-refractivity contribution in [3.05, 3.63) is 88.8 Å². The van der Waals surface area contributed by atoms with Crippen molar-refractivity contribution in [3.8, 4) is 0 Å². The predicted octanol–water partition coefficient (Wildman–Crippen LogP) is 6.00. The first-order valence-corrected chi connectivity index (χ1v) is 11.5. The minimum absolute atomic E-state index is 0.139. The van der Waals surface area contributed by atoms with Crippen LogP contribution in [0.2, 0.25) is 0 Å². The fourth-order valence-electron chi connectivity index (χ4n) is 5.86. The van der Waals surface area contributed by atoms with E-state index in [1.807, 2.05) is 0 Å². The van der Waals surface area contributed by atoms with Crippen LogP contribution in [0.3, 0.4) is 0 Å². The highest BCUT2D eigenvalue weighted by Gasteiger charge is 2.55. The summed E-state index contributed by atoms with van der Waals surface area (Å²) in [5.41, 5.74) is -1.43. The lowest BCUT2D eigenvalue weighted by Crippen LogP contribution is -2.47. The molecule has 8 heteroatoms. The molecular weight excluding hydrogens is 449 g/mol. The first-order chi connectivity index (χ1) is 16.1. The number of nitrogens with zero attached hydrogens (tertiary/aromatic N) is 2. The molecule has 180 valence electrons. The Labute approximate surface area is 195 Å². The number of imidazole rings is 1. The molecule has 2 heterocycles. The van der Waals surface area contributed by atoms with Crippen molar-refractivity contribution in [2.45, 2.75) is 62.5 Å². The molecule has 1 unspecified atom stereocenters. The number of fused-ring (bicyclic) bond motifs is 3. The number of aromatic amines is 1. The smallest absolute Gasteiger partial charge is 0.348 e. The normalized spacial score (nSPS) is 24.5. The second-order valence-electron chi connectivity index (χ2n) is 9.64. The van der Waals surface area contributed by atoms with Gasteiger partial charge in [-0.15, -0.1) is 0 Å². The second kappa shape index (κ2) is 8.18. The lowest BCUT2D eigenvalue weighted by Gasteiger charge is -2.44. The quantitative estimate of drug-likeness (QED) is 0.459. The van der Waals surface area contributed by atoms with Gasteiger partial charge in [0.2, 0.25) is 5.67 Å². The number of H-pyrrole nitrogens is 1. The topological polar surface area (TPSA) is 31.9 Å². The van der Waals surface area contributed by atoms with Gasteiger partial charge in [-0.3, -0.25) is 4.90 Å². The van der Waals surface area contributed by atoms with Gasteiger partial charge in [0.05, 0.1) is 6.54 Å². The fourth-order valence-corrected chi connectivity index (χ4v) is 5.86. The van der Waals surface area contributed by atoms with E-state index in [4.69, 9.17) is 0 Å². The third kappa shape index (κ3) is 3.82. The summed E-state index contributed by atoms with van der Waals surface area (Å²) in [6, 6.07) is 10.9. The molecule has 0 bridgehead atoms. The number of nitrogens with one attached hydrogen (secondary N) is 1. The maximum absolute atomic E-state index is 14.7. The van der Waals surface area contributed by atoms with Gasteiger partial charge in [-0.2, -0.15) is 13.2 Å². The summed E-state index contributed by atoms with van der Waals surface area (Å²) < 4.78 is 68.4. The molecule has 0 amide bonds. The zero-order chi connectivity index (χ0) is 24.1. The van der Waals surface area contributed by atoms with Gasteiger partial charge in [-0.25, -0.2) is 13.8 Å². The molecule has 1 aliphatic heterocycles. The number of aryl methyl sites for hydroxylation is 1. The number of halogens is 5. The maximum Gasteiger partial charge on any atom is 0.426 e. The third-order valence-electron chi connectivity index (χ3n) is 7.67. The van der Waals surface area contributed by atoms with Crippen LogP contribution in [-0.2, 0) is 30.5 Å². The Bertz CT molecular complexity index is 1150. The van der Waals surface area contributed by atoms with E-state index in [-0.39, 0.29) is 22.8 Å². The fraction of sp³-hybridized carbons (Fsp3) is 0.423. The molecule has 2 aromatic carbocycles. The number of likely N-dealkylation sites (tertiary alicyclic amines) is 1. The second-order valence-corrected chi connectivity index (χ2v) is 9.64. The monoisotopic (exact) mass is 475 g/mol. The van der Waals surface area contributed by atoms with Gasteiger partial charge >= 0.3 is 6.18 Å². The summed E-state index contributed by atoms with van der Waals surface area (Å²) in [6.07, 6.45) is 1.25. The number of hydrogen-bond acceptors (Lipinski definition) is 2. The average Bonchev–Trinajstić information content (AvgIpc) is 3.43. The van der Waals surface area contributed by atoms with Crippen LogP contribution < -0.4 is 0 Å². The van der Waals surface area contributed by atoms with Crippen molar-refractivity contribution in [2.24, 2.45) is 0 Å². The van der Waals surface area contributed by atoms with Crippen LogP contribution >= 0.6 is 0 Å². The number of aromatic nitrogens is 2. The first-order valence-electron chi connectivity index (χ1n) is 11.5. The van der Waals surface area contributed by atoms with Crippen LogP contribution in [0.1, 0.15) is 47.8 Å². The predicted molar refractivity (Wildman–Crippen MR) is 118 cm³/mol.